The summed E-state index contributed by atoms with van der Waals surface area (Å²) in [5.74, 6) is -0.477. The largest absolute Gasteiger partial charge is 0.513 e. The Morgan fingerprint density at radius 1 is 2.00 bits per heavy atom. The summed E-state index contributed by atoms with van der Waals surface area (Å²) < 4.78 is 11.5. The van der Waals surface area contributed by atoms with Gasteiger partial charge in [-0.1, -0.05) is 6.92 Å². The molecule has 1 nitrogen and oxygen atoms in total. The molecule has 0 bridgehead atoms. The molecule has 0 atom stereocenters. The highest BCUT2D eigenvalue weighted by atomic mass is 19.1. The molecule has 0 rings (SSSR count). The number of hydrogen-bond acceptors (Lipinski definition) is 1. The highest BCUT2D eigenvalue weighted by Crippen LogP contribution is 1.96. The van der Waals surface area contributed by atoms with Gasteiger partial charge in [0, 0.05) is 0 Å². The molecule has 0 aliphatic heterocycles. The van der Waals surface area contributed by atoms with Gasteiger partial charge in [-0.15, -0.1) is 0 Å². The van der Waals surface area contributed by atoms with Gasteiger partial charge in [0.25, 0.3) is 0 Å². The molecule has 6 heavy (non-hydrogen) atoms. The molecular formula is C4H7FO. The molecule has 0 unspecified atom stereocenters. The molecular weight excluding hydrogens is 83.0 g/mol. The van der Waals surface area contributed by atoms with Crippen molar-refractivity contribution in [2.24, 2.45) is 0 Å². The van der Waals surface area contributed by atoms with Gasteiger partial charge in [0.15, 0.2) is 0 Å². The van der Waals surface area contributed by atoms with Crippen LogP contribution in [0.4, 0.5) is 4.39 Å². The van der Waals surface area contributed by atoms with Gasteiger partial charge in [0.1, 0.15) is 12.1 Å². The van der Waals surface area contributed by atoms with Crippen LogP contribution in [-0.4, -0.2) is 5.11 Å². The molecule has 0 aliphatic rings. The van der Waals surface area contributed by atoms with Crippen molar-refractivity contribution in [3.8, 4) is 0 Å². The Labute approximate surface area is 36.1 Å². The zero-order valence-corrected chi connectivity index (χ0v) is 3.61. The Hall–Kier alpha value is -0.530. The van der Waals surface area contributed by atoms with Crippen LogP contribution in [0.1, 0.15) is 13.3 Å². The molecule has 1 N–H and O–H groups in total. The average Bonchev–Trinajstić information content (AvgIpc) is 1.65. The van der Waals surface area contributed by atoms with Crippen molar-refractivity contribution >= 4 is 0 Å². The van der Waals surface area contributed by atoms with E-state index in [9.17, 15) is 4.39 Å². The molecule has 0 saturated heterocycles. The molecule has 0 aliphatic carbocycles. The summed E-state index contributed by atoms with van der Waals surface area (Å²) in [5, 5.41) is 7.80. The molecule has 0 fully saturated rings. The van der Waals surface area contributed by atoms with E-state index in [0.717, 1.165) is 0 Å². The molecule has 0 heterocycles. The molecule has 0 amide bonds. The average molecular weight is 90.1 g/mol. The summed E-state index contributed by atoms with van der Waals surface area (Å²) in [6.07, 6.45) is 0.747. The monoisotopic (exact) mass is 90.0 g/mol. The van der Waals surface area contributed by atoms with Crippen LogP contribution in [0.5, 0.6) is 0 Å². The number of halogens is 1. The van der Waals surface area contributed by atoms with Crippen molar-refractivity contribution in [1.29, 1.82) is 0 Å². The first-order chi connectivity index (χ1) is 2.81. The number of allylic oxidation sites excluding steroid dienone is 1. The minimum atomic E-state index is -0.477. The first kappa shape index (κ1) is 5.47. The minimum Gasteiger partial charge on any atom is -0.513 e. The lowest BCUT2D eigenvalue weighted by molar-refractivity contribution is 0.434. The minimum absolute atomic E-state index is 0.274. The summed E-state index contributed by atoms with van der Waals surface area (Å²) in [7, 11) is 0. The smallest absolute Gasteiger partial charge is 0.134 e. The van der Waals surface area contributed by atoms with Crippen LogP contribution < -0.4 is 0 Å². The predicted molar refractivity (Wildman–Crippen MR) is 22.1 cm³/mol. The fraction of sp³-hybridized carbons (Fsp3) is 0.500. The van der Waals surface area contributed by atoms with Gasteiger partial charge in [-0.3, -0.25) is 0 Å². The molecule has 0 aromatic rings. The molecule has 36 valence electrons. The number of aliphatic hydroxyl groups is 1. The van der Waals surface area contributed by atoms with Crippen LogP contribution in [0.3, 0.4) is 0 Å². The number of aliphatic hydroxyl groups excluding tert-OH is 1. The third-order valence-corrected chi connectivity index (χ3v) is 0.478. The highest BCUT2D eigenvalue weighted by Gasteiger charge is 1.81. The van der Waals surface area contributed by atoms with Crippen LogP contribution in [0.25, 0.3) is 0 Å². The normalized spacial score (nSPS) is 12.0. The van der Waals surface area contributed by atoms with Gasteiger partial charge in [-0.2, -0.15) is 0 Å². The van der Waals surface area contributed by atoms with Crippen molar-refractivity contribution < 1.29 is 9.50 Å². The third kappa shape index (κ3) is 1.76. The maximum atomic E-state index is 11.5. The second kappa shape index (κ2) is 2.69. The zero-order valence-electron chi connectivity index (χ0n) is 3.61. The highest BCUT2D eigenvalue weighted by molar-refractivity contribution is 4.80. The Bertz CT molecular complexity index is 58.6. The molecule has 0 aromatic heterocycles. The standard InChI is InChI=1S/C4H7FO/c1-2-4(5)3-6/h3,6H,2H2,1H3/b4-3-. The van der Waals surface area contributed by atoms with Gasteiger partial charge in [0.05, 0.1) is 0 Å². The molecule has 0 spiro atoms. The number of rotatable bonds is 1. The second-order valence-corrected chi connectivity index (χ2v) is 0.930. The van der Waals surface area contributed by atoms with Gasteiger partial charge < -0.3 is 5.11 Å². The van der Waals surface area contributed by atoms with E-state index >= 15 is 0 Å². The van der Waals surface area contributed by atoms with Crippen molar-refractivity contribution in [2.75, 3.05) is 0 Å². The van der Waals surface area contributed by atoms with Crippen molar-refractivity contribution in [1.82, 2.24) is 0 Å². The quantitative estimate of drug-likeness (QED) is 0.486. The van der Waals surface area contributed by atoms with E-state index in [-0.39, 0.29) is 6.42 Å². The first-order valence-electron chi connectivity index (χ1n) is 1.80. The Morgan fingerprint density at radius 3 is 2.50 bits per heavy atom. The van der Waals surface area contributed by atoms with Gasteiger partial charge in [-0.25, -0.2) is 4.39 Å². The number of hydrogen-bond donors (Lipinski definition) is 1. The van der Waals surface area contributed by atoms with Crippen LogP contribution in [0.2, 0.25) is 0 Å². The summed E-state index contributed by atoms with van der Waals surface area (Å²) in [6.45, 7) is 1.63. The topological polar surface area (TPSA) is 20.2 Å². The Kier molecular flexibility index (Phi) is 2.46. The van der Waals surface area contributed by atoms with E-state index in [1.165, 1.54) is 0 Å². The van der Waals surface area contributed by atoms with E-state index in [1.54, 1.807) is 6.92 Å². The summed E-state index contributed by atoms with van der Waals surface area (Å²) in [5.41, 5.74) is 0. The van der Waals surface area contributed by atoms with E-state index in [4.69, 9.17) is 5.11 Å². The fourth-order valence-electron chi connectivity index (χ4n) is 0.0913. The lowest BCUT2D eigenvalue weighted by Crippen LogP contribution is -1.63. The molecule has 0 saturated carbocycles. The molecule has 2 heteroatoms. The maximum Gasteiger partial charge on any atom is 0.134 e. The summed E-state index contributed by atoms with van der Waals surface area (Å²) in [4.78, 5) is 0. The van der Waals surface area contributed by atoms with Crippen LogP contribution in [-0.2, 0) is 0 Å². The lowest BCUT2D eigenvalue weighted by Gasteiger charge is -1.78. The summed E-state index contributed by atoms with van der Waals surface area (Å²) in [6, 6.07) is 0. The van der Waals surface area contributed by atoms with E-state index in [1.807, 2.05) is 0 Å². The fourth-order valence-corrected chi connectivity index (χ4v) is 0.0913. The van der Waals surface area contributed by atoms with Gasteiger partial charge >= 0.3 is 0 Å². The molecule has 0 aromatic carbocycles. The van der Waals surface area contributed by atoms with E-state index in [2.05, 4.69) is 0 Å². The van der Waals surface area contributed by atoms with E-state index < -0.39 is 5.83 Å². The van der Waals surface area contributed by atoms with E-state index in [0.29, 0.717) is 6.26 Å². The van der Waals surface area contributed by atoms with Gasteiger partial charge in [0.2, 0.25) is 0 Å². The van der Waals surface area contributed by atoms with Crippen LogP contribution in [0.15, 0.2) is 12.1 Å². The van der Waals surface area contributed by atoms with Crippen LogP contribution in [0, 0.1) is 0 Å². The SMILES string of the molecule is CC/C(F)=C/O. The zero-order chi connectivity index (χ0) is 4.99. The van der Waals surface area contributed by atoms with Crippen molar-refractivity contribution in [3.05, 3.63) is 12.1 Å². The Balaban J connectivity index is 3.22. The second-order valence-electron chi connectivity index (χ2n) is 0.930. The van der Waals surface area contributed by atoms with Crippen LogP contribution >= 0.6 is 0 Å². The van der Waals surface area contributed by atoms with Gasteiger partial charge in [-0.05, 0) is 6.42 Å². The summed E-state index contributed by atoms with van der Waals surface area (Å²) >= 11 is 0. The van der Waals surface area contributed by atoms with Crippen molar-refractivity contribution in [3.63, 3.8) is 0 Å². The van der Waals surface area contributed by atoms with Crippen molar-refractivity contribution in [2.45, 2.75) is 13.3 Å². The first-order valence-corrected chi connectivity index (χ1v) is 1.80. The molecule has 0 radical (unpaired) electrons. The predicted octanol–water partition coefficient (Wildman–Crippen LogP) is 1.77. The maximum absolute atomic E-state index is 11.5. The third-order valence-electron chi connectivity index (χ3n) is 0.478. The lowest BCUT2D eigenvalue weighted by atomic mass is 10.4. The Morgan fingerprint density at radius 2 is 2.50 bits per heavy atom.